The molecule has 8 heteroatoms. The van der Waals surface area contributed by atoms with Crippen molar-refractivity contribution < 1.29 is 4.92 Å². The van der Waals surface area contributed by atoms with Gasteiger partial charge in [-0.3, -0.25) is 15.5 Å². The predicted octanol–water partition coefficient (Wildman–Crippen LogP) is 4.61. The van der Waals surface area contributed by atoms with Gasteiger partial charge in [0.15, 0.2) is 0 Å². The maximum Gasteiger partial charge on any atom is 0.313 e. The van der Waals surface area contributed by atoms with Crippen molar-refractivity contribution in [2.45, 2.75) is 13.8 Å². The zero-order valence-electron chi connectivity index (χ0n) is 14.2. The lowest BCUT2D eigenvalue weighted by molar-refractivity contribution is -0.384. The molecule has 132 valence electrons. The van der Waals surface area contributed by atoms with Crippen LogP contribution in [0, 0.1) is 24.0 Å². The number of hydrazone groups is 1. The largest absolute Gasteiger partial charge is 0.317 e. The van der Waals surface area contributed by atoms with E-state index >= 15 is 0 Å². The molecule has 1 N–H and O–H groups in total. The molecule has 1 aromatic carbocycles. The molecule has 2 heterocycles. The second-order valence-corrected chi connectivity index (χ2v) is 6.47. The van der Waals surface area contributed by atoms with Gasteiger partial charge in [0, 0.05) is 33.7 Å². The number of nitro groups is 1. The Labute approximate surface area is 158 Å². The van der Waals surface area contributed by atoms with Crippen LogP contribution in [0.1, 0.15) is 17.0 Å². The Morgan fingerprint density at radius 2 is 2.04 bits per heavy atom. The minimum absolute atomic E-state index is 0.105. The van der Waals surface area contributed by atoms with Crippen LogP contribution in [-0.2, 0) is 0 Å². The molecular weight excluding hydrogens is 398 g/mol. The quantitative estimate of drug-likeness (QED) is 0.376. The van der Waals surface area contributed by atoms with Crippen molar-refractivity contribution in [3.8, 4) is 5.69 Å². The van der Waals surface area contributed by atoms with Crippen LogP contribution < -0.4 is 5.43 Å². The van der Waals surface area contributed by atoms with Gasteiger partial charge < -0.3 is 4.57 Å². The molecule has 0 atom stereocenters. The number of halogens is 1. The van der Waals surface area contributed by atoms with Crippen molar-refractivity contribution in [1.82, 2.24) is 9.55 Å². The summed E-state index contributed by atoms with van der Waals surface area (Å²) in [6.45, 7) is 4.01. The summed E-state index contributed by atoms with van der Waals surface area (Å²) in [7, 11) is 0. The molecule has 0 bridgehead atoms. The minimum Gasteiger partial charge on any atom is -0.317 e. The standard InChI is InChI=1S/C18H16BrN5O2/c1-12-10-14(13(2)23(12)16-7-4-3-6-15(16)19)11-21-22-18-17(24(25)26)8-5-9-20-18/h3-11H,1-2H3,(H,20,22)/b21-11+. The molecular formula is C18H16BrN5O2. The smallest absolute Gasteiger partial charge is 0.313 e. The van der Waals surface area contributed by atoms with E-state index in [9.17, 15) is 10.1 Å². The first-order valence-electron chi connectivity index (χ1n) is 7.81. The maximum absolute atomic E-state index is 11.0. The molecule has 0 aliphatic carbocycles. The van der Waals surface area contributed by atoms with Crippen molar-refractivity contribution in [3.63, 3.8) is 0 Å². The summed E-state index contributed by atoms with van der Waals surface area (Å²) in [5.41, 5.74) is 6.54. The molecule has 26 heavy (non-hydrogen) atoms. The molecule has 0 radical (unpaired) electrons. The molecule has 0 saturated carbocycles. The number of hydrogen-bond donors (Lipinski definition) is 1. The van der Waals surface area contributed by atoms with Crippen LogP contribution >= 0.6 is 15.9 Å². The van der Waals surface area contributed by atoms with Gasteiger partial charge in [0.25, 0.3) is 0 Å². The molecule has 0 unspecified atom stereocenters. The monoisotopic (exact) mass is 413 g/mol. The zero-order chi connectivity index (χ0) is 18.7. The number of para-hydroxylation sites is 1. The van der Waals surface area contributed by atoms with E-state index in [0.717, 1.165) is 27.1 Å². The number of aromatic nitrogens is 2. The Bertz CT molecular complexity index is 997. The van der Waals surface area contributed by atoms with E-state index in [2.05, 4.69) is 36.0 Å². The Balaban J connectivity index is 1.88. The summed E-state index contributed by atoms with van der Waals surface area (Å²) >= 11 is 3.58. The highest BCUT2D eigenvalue weighted by Crippen LogP contribution is 2.26. The van der Waals surface area contributed by atoms with Crippen molar-refractivity contribution >= 4 is 33.6 Å². The Kier molecular flexibility index (Phi) is 5.13. The van der Waals surface area contributed by atoms with Gasteiger partial charge in [-0.15, -0.1) is 0 Å². The number of benzene rings is 1. The van der Waals surface area contributed by atoms with Crippen LogP contribution in [0.2, 0.25) is 0 Å². The van der Waals surface area contributed by atoms with E-state index < -0.39 is 4.92 Å². The van der Waals surface area contributed by atoms with E-state index in [-0.39, 0.29) is 11.5 Å². The number of pyridine rings is 1. The predicted molar refractivity (Wildman–Crippen MR) is 105 cm³/mol. The lowest BCUT2D eigenvalue weighted by Gasteiger charge is -2.11. The van der Waals surface area contributed by atoms with E-state index in [1.165, 1.54) is 18.3 Å². The number of aryl methyl sites for hydroxylation is 1. The maximum atomic E-state index is 11.0. The highest BCUT2D eigenvalue weighted by Gasteiger charge is 2.14. The van der Waals surface area contributed by atoms with Crippen LogP contribution in [0.5, 0.6) is 0 Å². The molecule has 0 fully saturated rings. The number of hydrogen-bond acceptors (Lipinski definition) is 5. The Morgan fingerprint density at radius 1 is 1.27 bits per heavy atom. The summed E-state index contributed by atoms with van der Waals surface area (Å²) in [5, 5.41) is 15.1. The SMILES string of the molecule is Cc1cc(/C=N/Nc2ncccc2[N+](=O)[O-])c(C)n1-c1ccccc1Br. The molecule has 7 nitrogen and oxygen atoms in total. The summed E-state index contributed by atoms with van der Waals surface area (Å²) < 4.78 is 3.11. The van der Waals surface area contributed by atoms with E-state index in [0.29, 0.717) is 0 Å². The normalized spacial score (nSPS) is 11.0. The molecule has 0 aliphatic heterocycles. The molecule has 0 amide bonds. The summed E-state index contributed by atoms with van der Waals surface area (Å²) in [6.07, 6.45) is 3.11. The van der Waals surface area contributed by atoms with Crippen molar-refractivity contribution in [1.29, 1.82) is 0 Å². The van der Waals surface area contributed by atoms with Crippen molar-refractivity contribution in [3.05, 3.63) is 80.2 Å². The zero-order valence-corrected chi connectivity index (χ0v) is 15.8. The number of anilines is 1. The third-order valence-corrected chi connectivity index (χ3v) is 4.59. The Morgan fingerprint density at radius 3 is 2.77 bits per heavy atom. The summed E-state index contributed by atoms with van der Waals surface area (Å²) in [4.78, 5) is 14.5. The van der Waals surface area contributed by atoms with E-state index in [1.54, 1.807) is 6.21 Å². The highest BCUT2D eigenvalue weighted by atomic mass is 79.9. The van der Waals surface area contributed by atoms with Crippen LogP contribution in [0.3, 0.4) is 0 Å². The van der Waals surface area contributed by atoms with Crippen LogP contribution in [0.15, 0.2) is 58.2 Å². The van der Waals surface area contributed by atoms with Gasteiger partial charge in [-0.05, 0) is 54.0 Å². The molecule has 3 rings (SSSR count). The molecule has 3 aromatic rings. The Hall–Kier alpha value is -3.00. The second kappa shape index (κ2) is 7.49. The van der Waals surface area contributed by atoms with Crippen molar-refractivity contribution in [2.75, 3.05) is 5.43 Å². The van der Waals surface area contributed by atoms with Crippen LogP contribution in [-0.4, -0.2) is 20.7 Å². The minimum atomic E-state index is -0.496. The van der Waals surface area contributed by atoms with E-state index in [4.69, 9.17) is 0 Å². The van der Waals surface area contributed by atoms with Crippen LogP contribution in [0.25, 0.3) is 5.69 Å². The fraction of sp³-hybridized carbons (Fsp3) is 0.111. The van der Waals surface area contributed by atoms with E-state index in [1.807, 2.05) is 44.2 Å². The topological polar surface area (TPSA) is 85.3 Å². The number of nitrogens with one attached hydrogen (secondary N) is 1. The van der Waals surface area contributed by atoms with Gasteiger partial charge >= 0.3 is 5.69 Å². The van der Waals surface area contributed by atoms with Gasteiger partial charge in [0.2, 0.25) is 5.82 Å². The van der Waals surface area contributed by atoms with Crippen LogP contribution in [0.4, 0.5) is 11.5 Å². The fourth-order valence-corrected chi connectivity index (χ4v) is 3.18. The third kappa shape index (κ3) is 3.50. The van der Waals surface area contributed by atoms with Crippen molar-refractivity contribution in [2.24, 2.45) is 5.10 Å². The summed E-state index contributed by atoms with van der Waals surface area (Å²) in [5.74, 6) is 0.105. The number of nitrogens with zero attached hydrogens (tertiary/aromatic N) is 4. The fourth-order valence-electron chi connectivity index (χ4n) is 2.72. The summed E-state index contributed by atoms with van der Waals surface area (Å²) in [6, 6.07) is 12.9. The van der Waals surface area contributed by atoms with Gasteiger partial charge in [-0.2, -0.15) is 5.10 Å². The first-order chi connectivity index (χ1) is 12.5. The molecule has 0 spiro atoms. The van der Waals surface area contributed by atoms with Gasteiger partial charge in [0.05, 0.1) is 16.8 Å². The molecule has 0 aliphatic rings. The lowest BCUT2D eigenvalue weighted by atomic mass is 10.2. The first kappa shape index (κ1) is 17.8. The second-order valence-electron chi connectivity index (χ2n) is 5.61. The average Bonchev–Trinajstić information content (AvgIpc) is 2.90. The number of rotatable bonds is 5. The third-order valence-electron chi connectivity index (χ3n) is 3.92. The molecule has 0 saturated heterocycles. The van der Waals surface area contributed by atoms with Gasteiger partial charge in [0.1, 0.15) is 0 Å². The molecule has 2 aromatic heterocycles. The van der Waals surface area contributed by atoms with Gasteiger partial charge in [-0.25, -0.2) is 4.98 Å². The first-order valence-corrected chi connectivity index (χ1v) is 8.60. The lowest BCUT2D eigenvalue weighted by Crippen LogP contribution is -2.01. The average molecular weight is 414 g/mol. The van der Waals surface area contributed by atoms with Gasteiger partial charge in [-0.1, -0.05) is 12.1 Å². The highest BCUT2D eigenvalue weighted by molar-refractivity contribution is 9.10.